The number of nitrogens with zero attached hydrogens (tertiary/aromatic N) is 1. The standard InChI is InChI=1S/C13H24N2O5/c1-13(19,6-11(16)17)9-14-12(18)15(2)7-10-4-3-5-20-8-10/h10,19H,3-9H2,1-2H3,(H,14,18)(H,16,17). The number of nitrogens with one attached hydrogen (secondary N) is 1. The molecule has 0 saturated carbocycles. The smallest absolute Gasteiger partial charge is 0.317 e. The molecule has 0 aromatic rings. The molecule has 7 heteroatoms. The van der Waals surface area contributed by atoms with Crippen LogP contribution in [0.5, 0.6) is 0 Å². The summed E-state index contributed by atoms with van der Waals surface area (Å²) in [5, 5.41) is 21.0. The third-order valence-electron chi connectivity index (χ3n) is 3.29. The lowest BCUT2D eigenvalue weighted by Gasteiger charge is -2.28. The van der Waals surface area contributed by atoms with Crippen molar-refractivity contribution in [2.75, 3.05) is 33.4 Å². The number of amides is 2. The van der Waals surface area contributed by atoms with Gasteiger partial charge in [0.05, 0.1) is 18.6 Å². The van der Waals surface area contributed by atoms with E-state index in [1.54, 1.807) is 7.05 Å². The number of carbonyl (C=O) groups excluding carboxylic acids is 1. The van der Waals surface area contributed by atoms with Crippen LogP contribution in [0.3, 0.4) is 0 Å². The minimum atomic E-state index is -1.45. The van der Waals surface area contributed by atoms with Crippen LogP contribution in [-0.4, -0.2) is 66.1 Å². The van der Waals surface area contributed by atoms with Gasteiger partial charge in [0.1, 0.15) is 0 Å². The van der Waals surface area contributed by atoms with E-state index in [0.717, 1.165) is 19.4 Å². The van der Waals surface area contributed by atoms with Gasteiger partial charge in [0.15, 0.2) is 0 Å². The lowest BCUT2D eigenvalue weighted by atomic mass is 10.0. The Balaban J connectivity index is 2.32. The molecule has 0 aromatic carbocycles. The second-order valence-electron chi connectivity index (χ2n) is 5.69. The summed E-state index contributed by atoms with van der Waals surface area (Å²) in [5.41, 5.74) is -1.45. The van der Waals surface area contributed by atoms with Crippen molar-refractivity contribution in [2.45, 2.75) is 31.8 Å². The monoisotopic (exact) mass is 288 g/mol. The van der Waals surface area contributed by atoms with Crippen LogP contribution >= 0.6 is 0 Å². The van der Waals surface area contributed by atoms with Gasteiger partial charge in [-0.15, -0.1) is 0 Å². The molecule has 2 atom stereocenters. The molecule has 20 heavy (non-hydrogen) atoms. The Labute approximate surface area is 118 Å². The van der Waals surface area contributed by atoms with E-state index < -0.39 is 18.0 Å². The quantitative estimate of drug-likeness (QED) is 0.652. The number of aliphatic hydroxyl groups is 1. The molecule has 1 aliphatic rings. The van der Waals surface area contributed by atoms with Crippen molar-refractivity contribution in [1.82, 2.24) is 10.2 Å². The van der Waals surface area contributed by atoms with Gasteiger partial charge >= 0.3 is 12.0 Å². The van der Waals surface area contributed by atoms with E-state index in [1.807, 2.05) is 0 Å². The van der Waals surface area contributed by atoms with Crippen molar-refractivity contribution < 1.29 is 24.5 Å². The van der Waals surface area contributed by atoms with Gasteiger partial charge < -0.3 is 25.2 Å². The van der Waals surface area contributed by atoms with Crippen LogP contribution in [0.1, 0.15) is 26.2 Å². The van der Waals surface area contributed by atoms with Gasteiger partial charge in [-0.1, -0.05) is 0 Å². The van der Waals surface area contributed by atoms with E-state index in [-0.39, 0.29) is 12.6 Å². The number of ether oxygens (including phenoxy) is 1. The van der Waals surface area contributed by atoms with Crippen molar-refractivity contribution in [3.05, 3.63) is 0 Å². The van der Waals surface area contributed by atoms with E-state index in [0.29, 0.717) is 19.1 Å². The summed E-state index contributed by atoms with van der Waals surface area (Å²) in [7, 11) is 1.68. The normalized spacial score (nSPS) is 21.9. The maximum absolute atomic E-state index is 11.9. The highest BCUT2D eigenvalue weighted by atomic mass is 16.5. The zero-order chi connectivity index (χ0) is 15.2. The Kier molecular flexibility index (Phi) is 6.22. The molecule has 1 aliphatic heterocycles. The van der Waals surface area contributed by atoms with Gasteiger partial charge in [0, 0.05) is 32.7 Å². The zero-order valence-electron chi connectivity index (χ0n) is 12.1. The molecule has 2 unspecified atom stereocenters. The minimum absolute atomic E-state index is 0.0936. The molecule has 0 spiro atoms. The average molecular weight is 288 g/mol. The first kappa shape index (κ1) is 16.7. The van der Waals surface area contributed by atoms with E-state index in [1.165, 1.54) is 11.8 Å². The number of carboxylic acid groups (broad SMARTS) is 1. The van der Waals surface area contributed by atoms with Gasteiger partial charge in [-0.25, -0.2) is 4.79 Å². The SMILES string of the molecule is CN(CC1CCCOC1)C(=O)NCC(C)(O)CC(=O)O. The number of hydrogen-bond acceptors (Lipinski definition) is 4. The molecule has 116 valence electrons. The molecule has 1 fully saturated rings. The van der Waals surface area contributed by atoms with Crippen LogP contribution in [0.4, 0.5) is 4.79 Å². The minimum Gasteiger partial charge on any atom is -0.481 e. The largest absolute Gasteiger partial charge is 0.481 e. The van der Waals surface area contributed by atoms with Crippen molar-refractivity contribution in [1.29, 1.82) is 0 Å². The Morgan fingerprint density at radius 1 is 1.50 bits per heavy atom. The third-order valence-corrected chi connectivity index (χ3v) is 3.29. The fraction of sp³-hybridized carbons (Fsp3) is 0.846. The van der Waals surface area contributed by atoms with Crippen LogP contribution in [0, 0.1) is 5.92 Å². The van der Waals surface area contributed by atoms with Crippen LogP contribution in [0.25, 0.3) is 0 Å². The number of aliphatic carboxylic acids is 1. The van der Waals surface area contributed by atoms with E-state index >= 15 is 0 Å². The van der Waals surface area contributed by atoms with Crippen molar-refractivity contribution in [3.63, 3.8) is 0 Å². The highest BCUT2D eigenvalue weighted by Crippen LogP contribution is 2.14. The molecular weight excluding hydrogens is 264 g/mol. The first-order chi connectivity index (χ1) is 9.30. The summed E-state index contributed by atoms with van der Waals surface area (Å²) < 4.78 is 5.36. The molecule has 0 aromatic heterocycles. The van der Waals surface area contributed by atoms with Gasteiger partial charge in [-0.05, 0) is 19.8 Å². The lowest BCUT2D eigenvalue weighted by molar-refractivity contribution is -0.141. The highest BCUT2D eigenvalue weighted by molar-refractivity contribution is 5.74. The number of hydrogen-bond donors (Lipinski definition) is 3. The van der Waals surface area contributed by atoms with Gasteiger partial charge in [-0.2, -0.15) is 0 Å². The molecule has 1 saturated heterocycles. The number of carbonyl (C=O) groups is 2. The fourth-order valence-corrected chi connectivity index (χ4v) is 2.21. The predicted octanol–water partition coefficient (Wildman–Crippen LogP) is 0.280. The number of urea groups is 1. The third kappa shape index (κ3) is 6.21. The summed E-state index contributed by atoms with van der Waals surface area (Å²) in [4.78, 5) is 24.0. The second kappa shape index (κ2) is 7.44. The van der Waals surface area contributed by atoms with Crippen molar-refractivity contribution in [3.8, 4) is 0 Å². The summed E-state index contributed by atoms with van der Waals surface area (Å²) >= 11 is 0. The summed E-state index contributed by atoms with van der Waals surface area (Å²) in [6.07, 6.45) is 1.63. The predicted molar refractivity (Wildman–Crippen MR) is 72.4 cm³/mol. The number of rotatable bonds is 6. The Bertz CT molecular complexity index is 340. The first-order valence-electron chi connectivity index (χ1n) is 6.81. The van der Waals surface area contributed by atoms with Crippen molar-refractivity contribution >= 4 is 12.0 Å². The molecule has 3 N–H and O–H groups in total. The topological polar surface area (TPSA) is 99.1 Å². The molecule has 0 bridgehead atoms. The van der Waals surface area contributed by atoms with Crippen molar-refractivity contribution in [2.24, 2.45) is 5.92 Å². The molecule has 1 heterocycles. The second-order valence-corrected chi connectivity index (χ2v) is 5.69. The molecule has 0 radical (unpaired) electrons. The fourth-order valence-electron chi connectivity index (χ4n) is 2.21. The van der Waals surface area contributed by atoms with Crippen LogP contribution in [0.15, 0.2) is 0 Å². The molecular formula is C13H24N2O5. The summed E-state index contributed by atoms with van der Waals surface area (Å²) in [6, 6.07) is -0.318. The molecule has 1 rings (SSSR count). The van der Waals surface area contributed by atoms with E-state index in [4.69, 9.17) is 9.84 Å². The van der Waals surface area contributed by atoms with Gasteiger partial charge in [0.2, 0.25) is 0 Å². The van der Waals surface area contributed by atoms with E-state index in [9.17, 15) is 14.7 Å². The zero-order valence-corrected chi connectivity index (χ0v) is 12.1. The maximum Gasteiger partial charge on any atom is 0.317 e. The van der Waals surface area contributed by atoms with Crippen LogP contribution in [0.2, 0.25) is 0 Å². The molecule has 2 amide bonds. The maximum atomic E-state index is 11.9. The highest BCUT2D eigenvalue weighted by Gasteiger charge is 2.26. The van der Waals surface area contributed by atoms with Crippen LogP contribution in [-0.2, 0) is 9.53 Å². The number of carboxylic acids is 1. The van der Waals surface area contributed by atoms with Crippen LogP contribution < -0.4 is 5.32 Å². The Morgan fingerprint density at radius 2 is 2.20 bits per heavy atom. The molecule has 7 nitrogen and oxygen atoms in total. The Morgan fingerprint density at radius 3 is 2.75 bits per heavy atom. The molecule has 0 aliphatic carbocycles. The van der Waals surface area contributed by atoms with Gasteiger partial charge in [-0.3, -0.25) is 4.79 Å². The first-order valence-corrected chi connectivity index (χ1v) is 6.81. The summed E-state index contributed by atoms with van der Waals surface area (Å²) in [5.74, 6) is -0.768. The van der Waals surface area contributed by atoms with Gasteiger partial charge in [0.25, 0.3) is 0 Å². The lowest BCUT2D eigenvalue weighted by Crippen LogP contribution is -2.47. The summed E-state index contributed by atoms with van der Waals surface area (Å²) in [6.45, 7) is 3.33. The average Bonchev–Trinajstić information content (AvgIpc) is 2.35. The Hall–Kier alpha value is -1.34. The van der Waals surface area contributed by atoms with E-state index in [2.05, 4.69) is 5.32 Å².